The van der Waals surface area contributed by atoms with Crippen LogP contribution < -0.4 is 5.32 Å². The molecule has 1 amide bonds. The predicted octanol–water partition coefficient (Wildman–Crippen LogP) is 6.69. The van der Waals surface area contributed by atoms with Crippen molar-refractivity contribution >= 4 is 11.6 Å². The SMILES string of the molecule is Cc1ccc(NC(=O)C[C@H](CCCO)c2noc(C3CC(CC(C)(C)C)C3)c2C2CC2)c(C)c1O. The van der Waals surface area contributed by atoms with Crippen molar-refractivity contribution in [1.82, 2.24) is 5.16 Å². The van der Waals surface area contributed by atoms with E-state index >= 15 is 0 Å². The molecule has 2 aliphatic carbocycles. The van der Waals surface area contributed by atoms with Crippen LogP contribution in [0.1, 0.15) is 118 Å². The number of benzene rings is 1. The summed E-state index contributed by atoms with van der Waals surface area (Å²) in [6, 6.07) is 3.64. The monoisotopic (exact) mass is 482 g/mol. The molecule has 6 heteroatoms. The molecule has 0 saturated heterocycles. The number of amides is 1. The minimum Gasteiger partial charge on any atom is -0.507 e. The van der Waals surface area contributed by atoms with E-state index in [9.17, 15) is 15.0 Å². The van der Waals surface area contributed by atoms with Gasteiger partial charge < -0.3 is 20.1 Å². The molecule has 2 aromatic rings. The quantitative estimate of drug-likeness (QED) is 0.351. The average molecular weight is 483 g/mol. The van der Waals surface area contributed by atoms with Crippen LogP contribution in [0.3, 0.4) is 0 Å². The molecule has 2 saturated carbocycles. The van der Waals surface area contributed by atoms with Crippen LogP contribution in [0.5, 0.6) is 5.75 Å². The maximum Gasteiger partial charge on any atom is 0.225 e. The molecule has 3 N–H and O–H groups in total. The van der Waals surface area contributed by atoms with Crippen LogP contribution in [0.15, 0.2) is 16.7 Å². The Morgan fingerprint density at radius 3 is 2.54 bits per heavy atom. The second-order valence-corrected chi connectivity index (χ2v) is 12.1. The van der Waals surface area contributed by atoms with Crippen molar-refractivity contribution in [3.8, 4) is 5.75 Å². The average Bonchev–Trinajstić information content (AvgIpc) is 3.51. The maximum absolute atomic E-state index is 13.1. The van der Waals surface area contributed by atoms with Gasteiger partial charge in [0, 0.05) is 41.7 Å². The molecule has 0 radical (unpaired) electrons. The predicted molar refractivity (Wildman–Crippen MR) is 138 cm³/mol. The first-order valence-electron chi connectivity index (χ1n) is 13.3. The van der Waals surface area contributed by atoms with Gasteiger partial charge in [0.1, 0.15) is 11.5 Å². The topological polar surface area (TPSA) is 95.6 Å². The van der Waals surface area contributed by atoms with E-state index in [-0.39, 0.29) is 30.6 Å². The number of hydrogen-bond donors (Lipinski definition) is 3. The van der Waals surface area contributed by atoms with Gasteiger partial charge in [0.2, 0.25) is 5.91 Å². The normalized spacial score (nSPS) is 21.0. The number of aliphatic hydroxyl groups is 1. The zero-order chi connectivity index (χ0) is 25.3. The minimum absolute atomic E-state index is 0.0869. The summed E-state index contributed by atoms with van der Waals surface area (Å²) in [6.07, 6.45) is 7.43. The number of rotatable bonds is 10. The summed E-state index contributed by atoms with van der Waals surface area (Å²) >= 11 is 0. The Kier molecular flexibility index (Phi) is 7.60. The molecule has 2 fully saturated rings. The number of nitrogens with one attached hydrogen (secondary N) is 1. The summed E-state index contributed by atoms with van der Waals surface area (Å²) < 4.78 is 6.01. The smallest absolute Gasteiger partial charge is 0.225 e. The van der Waals surface area contributed by atoms with Crippen molar-refractivity contribution in [2.24, 2.45) is 11.3 Å². The number of carbonyl (C=O) groups excluding carboxylic acids is 1. The van der Waals surface area contributed by atoms with Crippen LogP contribution in [0.25, 0.3) is 0 Å². The Bertz CT molecular complexity index is 1040. The van der Waals surface area contributed by atoms with Gasteiger partial charge in [-0.15, -0.1) is 0 Å². The van der Waals surface area contributed by atoms with Gasteiger partial charge in [-0.1, -0.05) is 32.0 Å². The third-order valence-electron chi connectivity index (χ3n) is 7.71. The molecular formula is C29H42N2O4. The number of phenols is 1. The van der Waals surface area contributed by atoms with E-state index < -0.39 is 0 Å². The van der Waals surface area contributed by atoms with E-state index in [0.717, 1.165) is 48.6 Å². The van der Waals surface area contributed by atoms with Crippen molar-refractivity contribution < 1.29 is 19.5 Å². The summed E-state index contributed by atoms with van der Waals surface area (Å²) in [6.45, 7) is 10.6. The van der Waals surface area contributed by atoms with Crippen LogP contribution >= 0.6 is 0 Å². The standard InChI is InChI=1S/C29H42N2O4/c1-17-8-11-23(18(2)27(17)34)30-24(33)15-21(7-6-12-32)26-25(20-9-10-20)28(35-31-26)22-13-19(14-22)16-29(3,4)5/h8,11,19-22,32,34H,6-7,9-10,12-16H2,1-5H3,(H,30,33)/t19?,21-,22?/m0/s1. The van der Waals surface area contributed by atoms with E-state index in [4.69, 9.17) is 4.52 Å². The van der Waals surface area contributed by atoms with E-state index in [1.165, 1.54) is 12.0 Å². The van der Waals surface area contributed by atoms with Gasteiger partial charge in [-0.3, -0.25) is 4.79 Å². The number of carbonyl (C=O) groups is 1. The zero-order valence-electron chi connectivity index (χ0n) is 22.0. The highest BCUT2D eigenvalue weighted by Crippen LogP contribution is 2.53. The third-order valence-corrected chi connectivity index (χ3v) is 7.71. The van der Waals surface area contributed by atoms with Gasteiger partial charge in [-0.25, -0.2) is 0 Å². The molecule has 4 rings (SSSR count). The first-order valence-corrected chi connectivity index (χ1v) is 13.3. The van der Waals surface area contributed by atoms with Crippen LogP contribution in [-0.2, 0) is 4.79 Å². The maximum atomic E-state index is 13.1. The number of anilines is 1. The van der Waals surface area contributed by atoms with Gasteiger partial charge in [0.25, 0.3) is 0 Å². The van der Waals surface area contributed by atoms with Crippen molar-refractivity contribution in [2.75, 3.05) is 11.9 Å². The van der Waals surface area contributed by atoms with Crippen LogP contribution in [0.4, 0.5) is 5.69 Å². The molecular weight excluding hydrogens is 440 g/mol. The van der Waals surface area contributed by atoms with Crippen LogP contribution in [-0.4, -0.2) is 27.9 Å². The fraction of sp³-hybridized carbons (Fsp3) is 0.655. The number of aryl methyl sites for hydroxylation is 1. The lowest BCUT2D eigenvalue weighted by Gasteiger charge is -2.38. The van der Waals surface area contributed by atoms with Crippen molar-refractivity contribution in [2.45, 2.75) is 104 Å². The second-order valence-electron chi connectivity index (χ2n) is 12.1. The molecule has 1 heterocycles. The number of hydrogen-bond acceptors (Lipinski definition) is 5. The largest absolute Gasteiger partial charge is 0.507 e. The Balaban J connectivity index is 1.50. The lowest BCUT2D eigenvalue weighted by molar-refractivity contribution is -0.116. The number of aromatic nitrogens is 1. The minimum atomic E-state index is -0.112. The number of nitrogens with zero attached hydrogens (tertiary/aromatic N) is 1. The molecule has 1 aromatic carbocycles. The van der Waals surface area contributed by atoms with Gasteiger partial charge >= 0.3 is 0 Å². The van der Waals surface area contributed by atoms with Crippen LogP contribution in [0.2, 0.25) is 0 Å². The summed E-state index contributed by atoms with van der Waals surface area (Å²) in [4.78, 5) is 13.1. The Labute approximate surface area is 209 Å². The molecule has 0 bridgehead atoms. The van der Waals surface area contributed by atoms with Gasteiger partial charge in [-0.05, 0) is 87.7 Å². The molecule has 6 nitrogen and oxygen atoms in total. The number of aliphatic hydroxyl groups excluding tert-OH is 1. The van der Waals surface area contributed by atoms with Crippen molar-refractivity contribution in [3.05, 3.63) is 40.3 Å². The highest BCUT2D eigenvalue weighted by atomic mass is 16.5. The Morgan fingerprint density at radius 2 is 1.91 bits per heavy atom. The fourth-order valence-electron chi connectivity index (χ4n) is 5.75. The first kappa shape index (κ1) is 25.7. The summed E-state index contributed by atoms with van der Waals surface area (Å²) in [5, 5.41) is 27.3. The number of phenolic OH excluding ortho intramolecular Hbond substituents is 1. The van der Waals surface area contributed by atoms with E-state index in [0.29, 0.717) is 41.3 Å². The molecule has 0 aliphatic heterocycles. The highest BCUT2D eigenvalue weighted by molar-refractivity contribution is 5.92. The van der Waals surface area contributed by atoms with E-state index in [2.05, 4.69) is 31.2 Å². The molecule has 1 aromatic heterocycles. The molecule has 35 heavy (non-hydrogen) atoms. The third kappa shape index (κ3) is 6.08. The molecule has 0 unspecified atom stereocenters. The van der Waals surface area contributed by atoms with Gasteiger partial charge in [0.05, 0.1) is 5.69 Å². The number of aromatic hydroxyl groups is 1. The van der Waals surface area contributed by atoms with Crippen LogP contribution in [0, 0.1) is 25.2 Å². The lowest BCUT2D eigenvalue weighted by atomic mass is 9.66. The fourth-order valence-corrected chi connectivity index (χ4v) is 5.75. The molecule has 192 valence electrons. The summed E-state index contributed by atoms with van der Waals surface area (Å²) in [7, 11) is 0. The van der Waals surface area contributed by atoms with Gasteiger partial charge in [0.15, 0.2) is 0 Å². The molecule has 0 spiro atoms. The van der Waals surface area contributed by atoms with Gasteiger partial charge in [-0.2, -0.15) is 0 Å². The van der Waals surface area contributed by atoms with E-state index in [1.807, 2.05) is 26.0 Å². The molecule has 1 atom stereocenters. The van der Waals surface area contributed by atoms with Crippen molar-refractivity contribution in [1.29, 1.82) is 0 Å². The Hall–Kier alpha value is -2.34. The zero-order valence-corrected chi connectivity index (χ0v) is 22.0. The lowest BCUT2D eigenvalue weighted by Crippen LogP contribution is -2.26. The Morgan fingerprint density at radius 1 is 1.20 bits per heavy atom. The molecule has 2 aliphatic rings. The summed E-state index contributed by atoms with van der Waals surface area (Å²) in [5.74, 6) is 2.72. The van der Waals surface area contributed by atoms with Crippen molar-refractivity contribution in [3.63, 3.8) is 0 Å². The highest BCUT2D eigenvalue weighted by Gasteiger charge is 2.42. The second kappa shape index (κ2) is 10.3. The summed E-state index contributed by atoms with van der Waals surface area (Å²) in [5.41, 5.74) is 4.60. The first-order chi connectivity index (χ1) is 16.6. The van der Waals surface area contributed by atoms with E-state index in [1.54, 1.807) is 0 Å².